The number of aliphatic hydroxyl groups excluding tert-OH is 1. The number of pyridine rings is 1. The first kappa shape index (κ1) is 27.0. The summed E-state index contributed by atoms with van der Waals surface area (Å²) in [6.45, 7) is 4.74. The van der Waals surface area contributed by atoms with E-state index in [4.69, 9.17) is 14.7 Å². The number of hydrogen-bond acceptors (Lipinski definition) is 9. The van der Waals surface area contributed by atoms with Crippen LogP contribution in [0.1, 0.15) is 39.5 Å². The molecule has 1 aliphatic carbocycles. The van der Waals surface area contributed by atoms with E-state index in [-0.39, 0.29) is 6.10 Å². The van der Waals surface area contributed by atoms with Crippen LogP contribution < -0.4 is 15.5 Å². The molecule has 3 heterocycles. The van der Waals surface area contributed by atoms with Gasteiger partial charge in [0.25, 0.3) is 0 Å². The van der Waals surface area contributed by atoms with Crippen molar-refractivity contribution in [1.82, 2.24) is 15.0 Å². The Morgan fingerprint density at radius 3 is 2.70 bits per heavy atom. The smallest absolute Gasteiger partial charge is 0.328 e. The molecule has 40 heavy (non-hydrogen) atoms. The first-order valence-electron chi connectivity index (χ1n) is 13.5. The molecule has 0 saturated carbocycles. The third-order valence-electron chi connectivity index (χ3n) is 6.90. The number of piperidine rings is 1. The van der Waals surface area contributed by atoms with E-state index in [1.54, 1.807) is 26.2 Å². The third kappa shape index (κ3) is 6.51. The molecule has 3 aromatic rings. The Morgan fingerprint density at radius 1 is 1.10 bits per heavy atom. The van der Waals surface area contributed by atoms with Gasteiger partial charge in [0.15, 0.2) is 11.6 Å². The van der Waals surface area contributed by atoms with Crippen LogP contribution in [0.25, 0.3) is 11.3 Å². The number of nitrogens with zero attached hydrogens (tertiary/aromatic N) is 4. The Kier molecular flexibility index (Phi) is 7.86. The van der Waals surface area contributed by atoms with Gasteiger partial charge in [0.2, 0.25) is 0 Å². The molecule has 5 rings (SSSR count). The summed E-state index contributed by atoms with van der Waals surface area (Å²) >= 11 is 0. The van der Waals surface area contributed by atoms with Gasteiger partial charge in [-0.3, -0.25) is 4.98 Å². The molecule has 1 saturated heterocycles. The number of rotatable bonds is 9. The average molecular weight is 543 g/mol. The van der Waals surface area contributed by atoms with E-state index in [1.807, 2.05) is 54.6 Å². The number of allylic oxidation sites excluding steroid dienone is 3. The molecule has 0 amide bonds. The number of anilines is 4. The minimum atomic E-state index is -1.07. The van der Waals surface area contributed by atoms with Gasteiger partial charge in [-0.05, 0) is 63.5 Å². The van der Waals surface area contributed by atoms with Crippen molar-refractivity contribution >= 4 is 29.1 Å². The summed E-state index contributed by atoms with van der Waals surface area (Å²) in [6, 6.07) is 13.2. The predicted molar refractivity (Wildman–Crippen MR) is 155 cm³/mol. The van der Waals surface area contributed by atoms with Gasteiger partial charge in [0.05, 0.1) is 24.6 Å². The molecule has 0 radical (unpaired) electrons. The molecule has 1 aliphatic heterocycles. The number of carboxylic acids is 1. The lowest BCUT2D eigenvalue weighted by Crippen LogP contribution is -2.40. The largest absolute Gasteiger partial charge is 0.508 e. The number of aromatic nitrogens is 3. The van der Waals surface area contributed by atoms with Crippen LogP contribution in [0.4, 0.5) is 23.1 Å². The van der Waals surface area contributed by atoms with Gasteiger partial charge in [-0.25, -0.2) is 14.8 Å². The molecule has 10 nitrogen and oxygen atoms in total. The fourth-order valence-electron chi connectivity index (χ4n) is 4.66. The highest BCUT2D eigenvalue weighted by Crippen LogP contribution is 2.27. The Hall–Kier alpha value is -4.60. The van der Waals surface area contributed by atoms with E-state index >= 15 is 0 Å². The van der Waals surface area contributed by atoms with Crippen molar-refractivity contribution in [1.29, 1.82) is 0 Å². The normalized spacial score (nSPS) is 17.4. The molecule has 208 valence electrons. The highest BCUT2D eigenvalue weighted by molar-refractivity contribution is 5.81. The van der Waals surface area contributed by atoms with Crippen LogP contribution in [-0.2, 0) is 9.53 Å². The summed E-state index contributed by atoms with van der Waals surface area (Å²) in [5, 5.41) is 25.8. The minimum absolute atomic E-state index is 0.0396. The van der Waals surface area contributed by atoms with Gasteiger partial charge in [-0.1, -0.05) is 24.3 Å². The highest BCUT2D eigenvalue weighted by atomic mass is 16.5. The second kappa shape index (κ2) is 11.6. The Balaban J connectivity index is 1.25. The van der Waals surface area contributed by atoms with Gasteiger partial charge in [0.1, 0.15) is 29.0 Å². The summed E-state index contributed by atoms with van der Waals surface area (Å²) < 4.78 is 6.12. The third-order valence-corrected chi connectivity index (χ3v) is 6.90. The molecule has 1 fully saturated rings. The summed E-state index contributed by atoms with van der Waals surface area (Å²) in [7, 11) is 0. The summed E-state index contributed by atoms with van der Waals surface area (Å²) in [4.78, 5) is 27.5. The monoisotopic (exact) mass is 542 g/mol. The van der Waals surface area contributed by atoms with Crippen molar-refractivity contribution in [2.24, 2.45) is 0 Å². The molecule has 2 aromatic heterocycles. The Morgan fingerprint density at radius 2 is 1.93 bits per heavy atom. The lowest BCUT2D eigenvalue weighted by molar-refractivity contribution is -0.141. The van der Waals surface area contributed by atoms with E-state index in [0.29, 0.717) is 41.8 Å². The van der Waals surface area contributed by atoms with Gasteiger partial charge in [-0.15, -0.1) is 0 Å². The van der Waals surface area contributed by atoms with E-state index in [2.05, 4.69) is 20.5 Å². The molecule has 2 aliphatic rings. The topological polar surface area (TPSA) is 133 Å². The van der Waals surface area contributed by atoms with Crippen molar-refractivity contribution < 1.29 is 19.7 Å². The maximum absolute atomic E-state index is 11.4. The van der Waals surface area contributed by atoms with Crippen LogP contribution in [-0.4, -0.2) is 55.9 Å². The molecule has 10 heteroatoms. The number of carboxylic acid groups (broad SMARTS) is 1. The maximum Gasteiger partial charge on any atom is 0.328 e. The number of nitrogens with one attached hydrogen (secondary N) is 2. The molecular weight excluding hydrogens is 508 g/mol. The minimum Gasteiger partial charge on any atom is -0.508 e. The first-order valence-corrected chi connectivity index (χ1v) is 13.5. The standard InChI is InChI=1S/C30H34N6O4/c1-30(2,29(38)39)35-21-14-12-20(13-15-21)23-8-5-11-26(32-23)33-27-17-31-18-28(34-27)36-16-6-7-22(19-36)40-25-10-4-3-9-24(25)37/h4-5,8,10-15,17-18,22,35,37H,3,6-7,9,16,19H2,1-2H3,(H,38,39)(H,32,33,34). The average Bonchev–Trinajstić information content (AvgIpc) is 2.95. The quantitative estimate of drug-likeness (QED) is 0.268. The molecular formula is C30H34N6O4. The van der Waals surface area contributed by atoms with Crippen LogP contribution in [0.15, 0.2) is 78.5 Å². The second-order valence-corrected chi connectivity index (χ2v) is 10.5. The zero-order valence-corrected chi connectivity index (χ0v) is 22.7. The van der Waals surface area contributed by atoms with E-state index < -0.39 is 11.5 Å². The number of aliphatic carboxylic acids is 1. The summed E-state index contributed by atoms with van der Waals surface area (Å²) in [5.41, 5.74) is 1.31. The van der Waals surface area contributed by atoms with Crippen LogP contribution >= 0.6 is 0 Å². The van der Waals surface area contributed by atoms with Gasteiger partial charge in [-0.2, -0.15) is 0 Å². The van der Waals surface area contributed by atoms with E-state index in [0.717, 1.165) is 42.9 Å². The molecule has 1 aromatic carbocycles. The lowest BCUT2D eigenvalue weighted by Gasteiger charge is -2.34. The fraction of sp³-hybridized carbons (Fsp3) is 0.333. The predicted octanol–water partition coefficient (Wildman–Crippen LogP) is 5.66. The number of hydrogen-bond donors (Lipinski definition) is 4. The van der Waals surface area contributed by atoms with Crippen LogP contribution in [0.3, 0.4) is 0 Å². The number of carbonyl (C=O) groups is 1. The van der Waals surface area contributed by atoms with E-state index in [1.165, 1.54) is 0 Å². The summed E-state index contributed by atoms with van der Waals surface area (Å²) in [6.07, 6.45) is 10.6. The van der Waals surface area contributed by atoms with Gasteiger partial charge < -0.3 is 30.5 Å². The van der Waals surface area contributed by atoms with Gasteiger partial charge in [0, 0.05) is 24.2 Å². The first-order chi connectivity index (χ1) is 19.3. The van der Waals surface area contributed by atoms with Crippen molar-refractivity contribution in [2.45, 2.75) is 51.2 Å². The Labute approximate surface area is 233 Å². The molecule has 1 unspecified atom stereocenters. The number of ether oxygens (including phenoxy) is 1. The van der Waals surface area contributed by atoms with Crippen LogP contribution in [0, 0.1) is 0 Å². The van der Waals surface area contributed by atoms with Crippen molar-refractivity contribution in [3.63, 3.8) is 0 Å². The SMILES string of the molecule is CC(C)(Nc1ccc(-c2cccc(Nc3cncc(N4CCCC(OC5=C(O)CCC=C5)C4)n3)n2)cc1)C(=O)O. The molecule has 0 spiro atoms. The van der Waals surface area contributed by atoms with Crippen LogP contribution in [0.5, 0.6) is 0 Å². The van der Waals surface area contributed by atoms with Crippen LogP contribution in [0.2, 0.25) is 0 Å². The summed E-state index contributed by atoms with van der Waals surface area (Å²) in [5.74, 6) is 1.92. The second-order valence-electron chi connectivity index (χ2n) is 10.5. The van der Waals surface area contributed by atoms with Crippen molar-refractivity contribution in [3.8, 4) is 11.3 Å². The fourth-order valence-corrected chi connectivity index (χ4v) is 4.66. The number of benzene rings is 1. The highest BCUT2D eigenvalue weighted by Gasteiger charge is 2.27. The lowest BCUT2D eigenvalue weighted by atomic mass is 10.0. The zero-order valence-electron chi connectivity index (χ0n) is 22.7. The van der Waals surface area contributed by atoms with Gasteiger partial charge >= 0.3 is 5.97 Å². The molecule has 1 atom stereocenters. The van der Waals surface area contributed by atoms with E-state index in [9.17, 15) is 15.0 Å². The maximum atomic E-state index is 11.4. The molecule has 4 N–H and O–H groups in total. The molecule has 0 bridgehead atoms. The zero-order chi connectivity index (χ0) is 28.1. The van der Waals surface area contributed by atoms with Crippen molar-refractivity contribution in [3.05, 3.63) is 78.5 Å². The van der Waals surface area contributed by atoms with Crippen molar-refractivity contribution in [2.75, 3.05) is 28.6 Å². The number of aliphatic hydroxyl groups is 1. The Bertz CT molecular complexity index is 1420.